The van der Waals surface area contributed by atoms with E-state index in [0.717, 1.165) is 44.2 Å². The Morgan fingerprint density at radius 1 is 1.03 bits per heavy atom. The van der Waals surface area contributed by atoms with E-state index in [0.29, 0.717) is 31.4 Å². The SMILES string of the molecule is O=C(CN1CCC(n2nnc3cc(C(F)(F)F)ccc32)CC1)NNC(=O)C1CCCCC1. The minimum Gasteiger partial charge on any atom is -0.294 e. The van der Waals surface area contributed by atoms with E-state index in [1.54, 1.807) is 4.68 Å². The number of halogens is 3. The summed E-state index contributed by atoms with van der Waals surface area (Å²) in [6, 6.07) is 3.47. The van der Waals surface area contributed by atoms with Crippen molar-refractivity contribution in [2.24, 2.45) is 5.92 Å². The second-order valence-electron chi connectivity index (χ2n) is 8.61. The van der Waals surface area contributed by atoms with Gasteiger partial charge in [0.2, 0.25) is 5.91 Å². The number of carbonyl (C=O) groups excluding carboxylic acids is 2. The van der Waals surface area contributed by atoms with E-state index in [1.165, 1.54) is 6.07 Å². The fraction of sp³-hybridized carbons (Fsp3) is 0.619. The Labute approximate surface area is 183 Å². The molecule has 0 bridgehead atoms. The van der Waals surface area contributed by atoms with Gasteiger partial charge in [0, 0.05) is 19.0 Å². The molecule has 11 heteroatoms. The minimum absolute atomic E-state index is 0.00190. The van der Waals surface area contributed by atoms with E-state index in [9.17, 15) is 22.8 Å². The largest absolute Gasteiger partial charge is 0.416 e. The maximum absolute atomic E-state index is 12.9. The smallest absolute Gasteiger partial charge is 0.294 e. The second kappa shape index (κ2) is 9.43. The Kier molecular flexibility index (Phi) is 6.63. The highest BCUT2D eigenvalue weighted by Gasteiger charge is 2.31. The third-order valence-corrected chi connectivity index (χ3v) is 6.37. The number of hydrogen-bond acceptors (Lipinski definition) is 5. The van der Waals surface area contributed by atoms with Crippen molar-refractivity contribution < 1.29 is 22.8 Å². The number of nitrogens with one attached hydrogen (secondary N) is 2. The lowest BCUT2D eigenvalue weighted by molar-refractivity contribution is -0.137. The number of carbonyl (C=O) groups is 2. The van der Waals surface area contributed by atoms with E-state index in [2.05, 4.69) is 21.2 Å². The summed E-state index contributed by atoms with van der Waals surface area (Å²) in [6.07, 6.45) is 1.96. The summed E-state index contributed by atoms with van der Waals surface area (Å²) in [4.78, 5) is 26.3. The quantitative estimate of drug-likeness (QED) is 0.696. The van der Waals surface area contributed by atoms with Crippen LogP contribution in [0.15, 0.2) is 18.2 Å². The van der Waals surface area contributed by atoms with Crippen LogP contribution in [0.25, 0.3) is 11.0 Å². The summed E-state index contributed by atoms with van der Waals surface area (Å²) >= 11 is 0. The van der Waals surface area contributed by atoms with E-state index >= 15 is 0 Å². The van der Waals surface area contributed by atoms with Crippen LogP contribution >= 0.6 is 0 Å². The lowest BCUT2D eigenvalue weighted by Crippen LogP contribution is -2.49. The molecule has 0 atom stereocenters. The average molecular weight is 452 g/mol. The maximum Gasteiger partial charge on any atom is 0.416 e. The molecule has 1 saturated heterocycles. The van der Waals surface area contributed by atoms with Crippen LogP contribution in [0, 0.1) is 5.92 Å². The molecule has 1 aliphatic heterocycles. The van der Waals surface area contributed by atoms with Crippen molar-refractivity contribution in [1.29, 1.82) is 0 Å². The third kappa shape index (κ3) is 5.20. The minimum atomic E-state index is -4.42. The van der Waals surface area contributed by atoms with Crippen molar-refractivity contribution in [3.05, 3.63) is 23.8 Å². The van der Waals surface area contributed by atoms with Gasteiger partial charge in [-0.2, -0.15) is 13.2 Å². The number of amides is 2. The lowest BCUT2D eigenvalue weighted by Gasteiger charge is -2.31. The van der Waals surface area contributed by atoms with Crippen LogP contribution in [0.1, 0.15) is 56.6 Å². The molecule has 4 rings (SSSR count). The molecule has 2 amide bonds. The van der Waals surface area contributed by atoms with Crippen molar-refractivity contribution in [2.45, 2.75) is 57.2 Å². The molecule has 8 nitrogen and oxygen atoms in total. The summed E-state index contributed by atoms with van der Waals surface area (Å²) < 4.78 is 40.4. The van der Waals surface area contributed by atoms with E-state index < -0.39 is 11.7 Å². The molecule has 2 aromatic rings. The average Bonchev–Trinajstić information content (AvgIpc) is 3.21. The number of hydrogen-bond donors (Lipinski definition) is 2. The predicted octanol–water partition coefficient (Wildman–Crippen LogP) is 2.81. The van der Waals surface area contributed by atoms with Gasteiger partial charge in [0.05, 0.1) is 23.7 Å². The van der Waals surface area contributed by atoms with Crippen LogP contribution < -0.4 is 10.9 Å². The molecule has 1 aromatic heterocycles. The number of alkyl halides is 3. The van der Waals surface area contributed by atoms with E-state index in [4.69, 9.17) is 0 Å². The first-order valence-electron chi connectivity index (χ1n) is 11.0. The summed E-state index contributed by atoms with van der Waals surface area (Å²) in [5.74, 6) is -0.411. The molecule has 2 aliphatic rings. The molecule has 174 valence electrons. The molecule has 0 radical (unpaired) electrons. The summed E-state index contributed by atoms with van der Waals surface area (Å²) in [5, 5.41) is 7.99. The fourth-order valence-corrected chi connectivity index (χ4v) is 4.55. The van der Waals surface area contributed by atoms with Crippen LogP contribution in [0.2, 0.25) is 0 Å². The van der Waals surface area contributed by atoms with Gasteiger partial charge in [-0.25, -0.2) is 4.68 Å². The van der Waals surface area contributed by atoms with Crippen LogP contribution in [-0.2, 0) is 15.8 Å². The number of fused-ring (bicyclic) bond motifs is 1. The number of piperidine rings is 1. The number of rotatable bonds is 4. The molecule has 1 aromatic carbocycles. The molecular formula is C21H27F3N6O2. The summed E-state index contributed by atoms with van der Waals surface area (Å²) in [5.41, 5.74) is 5.09. The van der Waals surface area contributed by atoms with Gasteiger partial charge < -0.3 is 0 Å². The van der Waals surface area contributed by atoms with Crippen LogP contribution in [0.4, 0.5) is 13.2 Å². The van der Waals surface area contributed by atoms with Crippen molar-refractivity contribution in [3.63, 3.8) is 0 Å². The molecule has 1 saturated carbocycles. The van der Waals surface area contributed by atoms with Gasteiger partial charge in [0.15, 0.2) is 0 Å². The zero-order valence-corrected chi connectivity index (χ0v) is 17.7. The van der Waals surface area contributed by atoms with Crippen LogP contribution in [0.3, 0.4) is 0 Å². The predicted molar refractivity (Wildman–Crippen MR) is 110 cm³/mol. The first-order chi connectivity index (χ1) is 15.3. The van der Waals surface area contributed by atoms with Gasteiger partial charge in [-0.1, -0.05) is 24.5 Å². The fourth-order valence-electron chi connectivity index (χ4n) is 4.55. The lowest BCUT2D eigenvalue weighted by atomic mass is 9.89. The Balaban J connectivity index is 1.26. The highest BCUT2D eigenvalue weighted by Crippen LogP contribution is 2.32. The number of nitrogens with zero attached hydrogens (tertiary/aromatic N) is 4. The van der Waals surface area contributed by atoms with Gasteiger partial charge in [-0.15, -0.1) is 5.10 Å². The maximum atomic E-state index is 12.9. The first kappa shape index (κ1) is 22.5. The second-order valence-corrected chi connectivity index (χ2v) is 8.61. The topological polar surface area (TPSA) is 92.2 Å². The number of hydrazine groups is 1. The Morgan fingerprint density at radius 2 is 1.75 bits per heavy atom. The molecule has 32 heavy (non-hydrogen) atoms. The Hall–Kier alpha value is -2.69. The molecule has 0 unspecified atom stereocenters. The first-order valence-corrected chi connectivity index (χ1v) is 11.0. The van der Waals surface area contributed by atoms with Crippen LogP contribution in [-0.4, -0.2) is 51.3 Å². The van der Waals surface area contributed by atoms with Gasteiger partial charge in [0.25, 0.3) is 5.91 Å². The van der Waals surface area contributed by atoms with Crippen molar-refractivity contribution in [3.8, 4) is 0 Å². The molecule has 2 N–H and O–H groups in total. The number of benzene rings is 1. The Bertz CT molecular complexity index is 962. The summed E-state index contributed by atoms with van der Waals surface area (Å²) in [6.45, 7) is 1.44. The zero-order valence-electron chi connectivity index (χ0n) is 17.7. The third-order valence-electron chi connectivity index (χ3n) is 6.37. The number of aromatic nitrogens is 3. The van der Waals surface area contributed by atoms with Gasteiger partial charge >= 0.3 is 6.18 Å². The van der Waals surface area contributed by atoms with Crippen molar-refractivity contribution in [1.82, 2.24) is 30.7 Å². The van der Waals surface area contributed by atoms with E-state index in [-0.39, 0.29) is 35.8 Å². The number of likely N-dealkylation sites (tertiary alicyclic amines) is 1. The van der Waals surface area contributed by atoms with Gasteiger partial charge in [0.1, 0.15) is 5.52 Å². The highest BCUT2D eigenvalue weighted by atomic mass is 19.4. The van der Waals surface area contributed by atoms with Crippen LogP contribution in [0.5, 0.6) is 0 Å². The van der Waals surface area contributed by atoms with Gasteiger partial charge in [-0.05, 0) is 43.9 Å². The Morgan fingerprint density at radius 3 is 2.44 bits per heavy atom. The van der Waals surface area contributed by atoms with Gasteiger partial charge in [-0.3, -0.25) is 25.3 Å². The zero-order chi connectivity index (χ0) is 22.7. The van der Waals surface area contributed by atoms with Crippen molar-refractivity contribution in [2.75, 3.05) is 19.6 Å². The molecule has 0 spiro atoms. The molecular weight excluding hydrogens is 425 g/mol. The molecule has 1 aliphatic carbocycles. The highest BCUT2D eigenvalue weighted by molar-refractivity contribution is 5.84. The normalized spacial score (nSPS) is 19.2. The standard InChI is InChI=1S/C21H27F3N6O2/c22-21(23,24)15-6-7-18-17(12-15)25-28-30(18)16-8-10-29(11-9-16)13-19(31)26-27-20(32)14-4-2-1-3-5-14/h6-7,12,14,16H,1-5,8-11,13H2,(H,26,31)(H,27,32). The molecule has 2 fully saturated rings. The van der Waals surface area contributed by atoms with Crippen molar-refractivity contribution >= 4 is 22.8 Å². The molecule has 2 heterocycles. The monoisotopic (exact) mass is 452 g/mol. The summed E-state index contributed by atoms with van der Waals surface area (Å²) in [7, 11) is 0. The van der Waals surface area contributed by atoms with E-state index in [1.807, 2.05) is 4.90 Å².